The highest BCUT2D eigenvalue weighted by molar-refractivity contribution is 5.85. The zero-order valence-electron chi connectivity index (χ0n) is 39.5. The highest BCUT2D eigenvalue weighted by Gasteiger charge is 2.10. The number of benzene rings is 9. The zero-order chi connectivity index (χ0) is 45.5. The lowest BCUT2D eigenvalue weighted by Gasteiger charge is -2.15. The highest BCUT2D eigenvalue weighted by Crippen LogP contribution is 2.28. The summed E-state index contributed by atoms with van der Waals surface area (Å²) in [6, 6.07) is 81.4. The van der Waals surface area contributed by atoms with Crippen molar-refractivity contribution in [2.24, 2.45) is 5.92 Å². The van der Waals surface area contributed by atoms with E-state index in [-0.39, 0.29) is 0 Å². The van der Waals surface area contributed by atoms with Gasteiger partial charge in [0.1, 0.15) is 0 Å². The van der Waals surface area contributed by atoms with Gasteiger partial charge >= 0.3 is 0 Å². The minimum atomic E-state index is 0.493. The molecule has 1 atom stereocenters. The minimum absolute atomic E-state index is 0.493. The van der Waals surface area contributed by atoms with Crippen LogP contribution in [0.5, 0.6) is 0 Å². The molecule has 0 saturated heterocycles. The predicted octanol–water partition coefficient (Wildman–Crippen LogP) is 18.5. The molecule has 0 nitrogen and oxygen atoms in total. The lowest BCUT2D eigenvalue weighted by molar-refractivity contribution is 0.626. The van der Waals surface area contributed by atoms with Crippen molar-refractivity contribution >= 4 is 10.8 Å². The van der Waals surface area contributed by atoms with Crippen molar-refractivity contribution in [2.45, 2.75) is 74.1 Å². The van der Waals surface area contributed by atoms with Crippen molar-refractivity contribution in [1.29, 1.82) is 0 Å². The molecule has 324 valence electrons. The van der Waals surface area contributed by atoms with Gasteiger partial charge in [0.25, 0.3) is 0 Å². The van der Waals surface area contributed by atoms with E-state index in [1.54, 1.807) is 0 Å². The second kappa shape index (κ2) is 26.0. The summed E-state index contributed by atoms with van der Waals surface area (Å²) in [6.45, 7) is 17.4. The van der Waals surface area contributed by atoms with E-state index in [9.17, 15) is 0 Å². The summed E-state index contributed by atoms with van der Waals surface area (Å²) in [7, 11) is 0. The maximum Gasteiger partial charge on any atom is -0.0150 e. The Morgan fingerprint density at radius 2 is 0.625 bits per heavy atom. The van der Waals surface area contributed by atoms with E-state index in [1.807, 2.05) is 30.3 Å². The third-order valence-electron chi connectivity index (χ3n) is 11.3. The first-order valence-corrected chi connectivity index (χ1v) is 23.0. The van der Waals surface area contributed by atoms with Gasteiger partial charge in [-0.15, -0.1) is 0 Å². The van der Waals surface area contributed by atoms with E-state index >= 15 is 0 Å². The number of hydrogen-bond donors (Lipinski definition) is 0. The number of aryl methyl sites for hydroxylation is 4. The van der Waals surface area contributed by atoms with Crippen LogP contribution in [0.25, 0.3) is 44.2 Å². The molecular formula is C64H68. The summed E-state index contributed by atoms with van der Waals surface area (Å²) in [4.78, 5) is 0. The fourth-order valence-electron chi connectivity index (χ4n) is 6.96. The van der Waals surface area contributed by atoms with Gasteiger partial charge < -0.3 is 0 Å². The molecule has 64 heavy (non-hydrogen) atoms. The molecule has 0 heterocycles. The molecule has 0 saturated carbocycles. The lowest BCUT2D eigenvalue weighted by Crippen LogP contribution is -1.99. The summed E-state index contributed by atoms with van der Waals surface area (Å²) >= 11 is 0. The summed E-state index contributed by atoms with van der Waals surface area (Å²) in [5, 5.41) is 2.70. The first kappa shape index (κ1) is 48.3. The lowest BCUT2D eigenvalue weighted by atomic mass is 9.90. The molecule has 9 aromatic carbocycles. The molecule has 1 unspecified atom stereocenters. The van der Waals surface area contributed by atoms with Crippen molar-refractivity contribution in [1.82, 2.24) is 0 Å². The molecule has 0 aliphatic rings. The molecule has 0 aliphatic carbocycles. The van der Waals surface area contributed by atoms with Gasteiger partial charge in [0.05, 0.1) is 0 Å². The maximum atomic E-state index is 2.32. The van der Waals surface area contributed by atoms with Gasteiger partial charge in [-0.1, -0.05) is 287 Å². The van der Waals surface area contributed by atoms with Gasteiger partial charge in [0.15, 0.2) is 0 Å². The first-order valence-electron chi connectivity index (χ1n) is 23.0. The Morgan fingerprint density at radius 3 is 1.00 bits per heavy atom. The molecule has 0 N–H and O–H groups in total. The van der Waals surface area contributed by atoms with Gasteiger partial charge in [-0.25, -0.2) is 0 Å². The van der Waals surface area contributed by atoms with Crippen LogP contribution in [-0.2, 0) is 6.42 Å². The number of fused-ring (bicyclic) bond motifs is 1. The van der Waals surface area contributed by atoms with E-state index in [0.29, 0.717) is 5.92 Å². The van der Waals surface area contributed by atoms with Crippen molar-refractivity contribution in [2.75, 3.05) is 0 Å². The Balaban J connectivity index is 0.000000170. The van der Waals surface area contributed by atoms with Crippen LogP contribution < -0.4 is 0 Å². The summed E-state index contributed by atoms with van der Waals surface area (Å²) in [5.74, 6) is 1.38. The van der Waals surface area contributed by atoms with Gasteiger partial charge in [-0.3, -0.25) is 0 Å². The van der Waals surface area contributed by atoms with Crippen LogP contribution in [0.2, 0.25) is 0 Å². The largest absolute Gasteiger partial charge is 0.0651 e. The predicted molar refractivity (Wildman–Crippen MR) is 282 cm³/mol. The Morgan fingerprint density at radius 1 is 0.312 bits per heavy atom. The van der Waals surface area contributed by atoms with Crippen LogP contribution in [0.3, 0.4) is 0 Å². The van der Waals surface area contributed by atoms with Crippen LogP contribution in [0.1, 0.15) is 73.4 Å². The Labute approximate surface area is 386 Å². The number of hydrogen-bond acceptors (Lipinski definition) is 0. The van der Waals surface area contributed by atoms with E-state index < -0.39 is 0 Å². The van der Waals surface area contributed by atoms with Crippen LogP contribution >= 0.6 is 0 Å². The van der Waals surface area contributed by atoms with Crippen LogP contribution in [-0.4, -0.2) is 0 Å². The molecule has 0 aliphatic heterocycles. The van der Waals surface area contributed by atoms with Crippen molar-refractivity contribution < 1.29 is 0 Å². The third-order valence-corrected chi connectivity index (χ3v) is 11.3. The van der Waals surface area contributed by atoms with Crippen molar-refractivity contribution in [3.63, 3.8) is 0 Å². The average molecular weight is 837 g/mol. The van der Waals surface area contributed by atoms with E-state index in [4.69, 9.17) is 0 Å². The fraction of sp³-hybridized carbons (Fsp3) is 0.188. The van der Waals surface area contributed by atoms with Crippen LogP contribution in [0.4, 0.5) is 0 Å². The quantitative estimate of drug-likeness (QED) is 0.150. The first-order chi connectivity index (χ1) is 31.1. The van der Waals surface area contributed by atoms with Crippen LogP contribution in [0, 0.1) is 33.6 Å². The molecular weight excluding hydrogens is 769 g/mol. The Kier molecular flexibility index (Phi) is 19.6. The summed E-state index contributed by atoms with van der Waals surface area (Å²) in [5.41, 5.74) is 15.8. The Bertz CT molecular complexity index is 2530. The average Bonchev–Trinajstić information content (AvgIpc) is 3.34. The molecule has 0 spiro atoms. The second-order valence-corrected chi connectivity index (χ2v) is 17.2. The van der Waals surface area contributed by atoms with Crippen molar-refractivity contribution in [3.05, 3.63) is 264 Å². The summed E-state index contributed by atoms with van der Waals surface area (Å²) < 4.78 is 0. The van der Waals surface area contributed by atoms with E-state index in [2.05, 4.69) is 256 Å². The molecule has 9 aromatic rings. The molecule has 0 bridgehead atoms. The summed E-state index contributed by atoms with van der Waals surface area (Å²) in [6.07, 6.45) is 2.37. The van der Waals surface area contributed by atoms with E-state index in [0.717, 1.165) is 12.3 Å². The molecule has 0 amide bonds. The standard InChI is InChI=1S/C26H24.2C13H12.C7H8.C5H12/c1-19-10-12-22(13-11-19)23-16-14-21(15-17-23)20(2)18-25-8-5-7-24-6-3-4-9-26(24)25;2*1-11-7-9-13(10-8-11)12-5-3-2-4-6-12;1-7-5-3-2-4-6-7;1-4-5(2)3/h3-17,20H,18H2,1-2H3;2*2-10H,1H3;2-6H,1H3;5H,4H2,1-3H3. The SMILES string of the molecule is CCC(C)C.Cc1ccc(-c2ccc(C(C)Cc3cccc4ccccc34)cc2)cc1.Cc1ccc(-c2ccccc2)cc1.Cc1ccc(-c2ccccc2)cc1.Cc1ccccc1. The Hall–Kier alpha value is -6.76. The molecule has 0 heteroatoms. The van der Waals surface area contributed by atoms with Crippen molar-refractivity contribution in [3.8, 4) is 33.4 Å². The highest BCUT2D eigenvalue weighted by atomic mass is 14.1. The minimum Gasteiger partial charge on any atom is -0.0651 e. The van der Waals surface area contributed by atoms with Gasteiger partial charge in [0.2, 0.25) is 0 Å². The van der Waals surface area contributed by atoms with Gasteiger partial charge in [0, 0.05) is 0 Å². The van der Waals surface area contributed by atoms with E-state index in [1.165, 1.54) is 84.0 Å². The smallest absolute Gasteiger partial charge is 0.0150 e. The zero-order valence-corrected chi connectivity index (χ0v) is 39.5. The van der Waals surface area contributed by atoms with Crippen LogP contribution in [0.15, 0.2) is 231 Å². The molecule has 0 fully saturated rings. The normalized spacial score (nSPS) is 10.7. The van der Waals surface area contributed by atoms with Gasteiger partial charge in [-0.05, 0) is 101 Å². The number of rotatable bonds is 7. The topological polar surface area (TPSA) is 0 Å². The third kappa shape index (κ3) is 16.2. The van der Waals surface area contributed by atoms with Gasteiger partial charge in [-0.2, -0.15) is 0 Å². The maximum absolute atomic E-state index is 2.32. The fourth-order valence-corrected chi connectivity index (χ4v) is 6.96. The molecule has 0 radical (unpaired) electrons. The molecule has 0 aromatic heterocycles. The monoisotopic (exact) mass is 837 g/mol. The molecule has 9 rings (SSSR count). The second-order valence-electron chi connectivity index (χ2n) is 17.2.